The highest BCUT2D eigenvalue weighted by atomic mass is 19.1. The first-order valence-electron chi connectivity index (χ1n) is 11.5. The van der Waals surface area contributed by atoms with Gasteiger partial charge in [-0.1, -0.05) is 31.0 Å². The zero-order valence-electron chi connectivity index (χ0n) is 19.4. The molecular weight excluding hydrogens is 423 g/mol. The summed E-state index contributed by atoms with van der Waals surface area (Å²) in [7, 11) is 0. The molecule has 2 aromatic carbocycles. The predicted octanol–water partition coefficient (Wildman–Crippen LogP) is 4.64. The lowest BCUT2D eigenvalue weighted by Gasteiger charge is -2.37. The smallest absolute Gasteiger partial charge is 0.255 e. The van der Waals surface area contributed by atoms with Crippen LogP contribution in [0.3, 0.4) is 0 Å². The number of halogens is 1. The number of benzene rings is 2. The Balaban J connectivity index is 1.79. The second kappa shape index (κ2) is 9.41. The van der Waals surface area contributed by atoms with Crippen LogP contribution in [0, 0.1) is 5.82 Å². The Morgan fingerprint density at radius 3 is 2.36 bits per heavy atom. The third-order valence-corrected chi connectivity index (χ3v) is 5.97. The molecule has 4 rings (SSSR count). The number of rotatable bonds is 5. The Hall–Kier alpha value is -3.09. The van der Waals surface area contributed by atoms with E-state index >= 15 is 4.39 Å². The van der Waals surface area contributed by atoms with Crippen LogP contribution in [0.2, 0.25) is 0 Å². The molecular formula is C26H31FN2O4. The molecule has 0 spiro atoms. The van der Waals surface area contributed by atoms with Gasteiger partial charge in [-0.05, 0) is 57.9 Å². The van der Waals surface area contributed by atoms with Crippen molar-refractivity contribution in [2.45, 2.75) is 64.1 Å². The van der Waals surface area contributed by atoms with Crippen LogP contribution in [0.1, 0.15) is 68.4 Å². The SMILES string of the molecule is CC(C)(C)NC(=O)[C@H](c1ccccc1F)N(C(=O)c1ccc2c(c1)OCCO2)C1CCCC1. The fourth-order valence-corrected chi connectivity index (χ4v) is 4.55. The summed E-state index contributed by atoms with van der Waals surface area (Å²) in [5, 5.41) is 2.96. The topological polar surface area (TPSA) is 67.9 Å². The van der Waals surface area contributed by atoms with Crippen molar-refractivity contribution in [2.24, 2.45) is 0 Å². The van der Waals surface area contributed by atoms with Gasteiger partial charge in [0.2, 0.25) is 5.91 Å². The summed E-state index contributed by atoms with van der Waals surface area (Å²) in [5.41, 5.74) is 0.0372. The second-order valence-corrected chi connectivity index (χ2v) is 9.67. The lowest BCUT2D eigenvalue weighted by Crippen LogP contribution is -2.52. The van der Waals surface area contributed by atoms with Crippen LogP contribution in [0.15, 0.2) is 42.5 Å². The van der Waals surface area contributed by atoms with Gasteiger partial charge in [0.25, 0.3) is 5.91 Å². The molecule has 0 unspecified atom stereocenters. The van der Waals surface area contributed by atoms with Gasteiger partial charge in [-0.3, -0.25) is 9.59 Å². The normalized spacial score (nSPS) is 16.8. The molecule has 176 valence electrons. The molecule has 1 N–H and O–H groups in total. The van der Waals surface area contributed by atoms with Gasteiger partial charge in [0.1, 0.15) is 25.1 Å². The lowest BCUT2D eigenvalue weighted by molar-refractivity contribution is -0.128. The highest BCUT2D eigenvalue weighted by Crippen LogP contribution is 2.36. The molecule has 2 amide bonds. The van der Waals surface area contributed by atoms with Crippen LogP contribution < -0.4 is 14.8 Å². The Morgan fingerprint density at radius 1 is 1.03 bits per heavy atom. The number of hydrogen-bond acceptors (Lipinski definition) is 4. The van der Waals surface area contributed by atoms with E-state index in [2.05, 4.69) is 5.32 Å². The Labute approximate surface area is 194 Å². The molecule has 1 heterocycles. The van der Waals surface area contributed by atoms with Crippen LogP contribution in [-0.4, -0.2) is 41.5 Å². The number of nitrogens with zero attached hydrogens (tertiary/aromatic N) is 1. The average molecular weight is 455 g/mol. The maximum Gasteiger partial charge on any atom is 0.255 e. The number of fused-ring (bicyclic) bond motifs is 1. The highest BCUT2D eigenvalue weighted by Gasteiger charge is 2.40. The minimum Gasteiger partial charge on any atom is -0.486 e. The van der Waals surface area contributed by atoms with Crippen LogP contribution >= 0.6 is 0 Å². The quantitative estimate of drug-likeness (QED) is 0.715. The number of nitrogens with one attached hydrogen (secondary N) is 1. The molecule has 1 saturated carbocycles. The van der Waals surface area contributed by atoms with Gasteiger partial charge in [0, 0.05) is 22.7 Å². The monoisotopic (exact) mass is 454 g/mol. The summed E-state index contributed by atoms with van der Waals surface area (Å²) >= 11 is 0. The number of amides is 2. The van der Waals surface area contributed by atoms with Gasteiger partial charge < -0.3 is 19.7 Å². The van der Waals surface area contributed by atoms with Crippen LogP contribution in [-0.2, 0) is 4.79 Å². The van der Waals surface area contributed by atoms with Crippen molar-refractivity contribution in [1.82, 2.24) is 10.2 Å². The van der Waals surface area contributed by atoms with Gasteiger partial charge in [-0.25, -0.2) is 4.39 Å². The summed E-state index contributed by atoms with van der Waals surface area (Å²) in [4.78, 5) is 29.1. The maximum absolute atomic E-state index is 15.0. The zero-order valence-corrected chi connectivity index (χ0v) is 19.4. The molecule has 2 aromatic rings. The third kappa shape index (κ3) is 5.13. The van der Waals surface area contributed by atoms with E-state index in [0.717, 1.165) is 25.7 Å². The first-order chi connectivity index (χ1) is 15.7. The van der Waals surface area contributed by atoms with E-state index in [4.69, 9.17) is 9.47 Å². The van der Waals surface area contributed by atoms with Crippen LogP contribution in [0.25, 0.3) is 0 Å². The predicted molar refractivity (Wildman–Crippen MR) is 123 cm³/mol. The van der Waals surface area contributed by atoms with E-state index in [1.165, 1.54) is 6.07 Å². The van der Waals surface area contributed by atoms with Crippen LogP contribution in [0.5, 0.6) is 11.5 Å². The molecule has 33 heavy (non-hydrogen) atoms. The largest absolute Gasteiger partial charge is 0.486 e. The second-order valence-electron chi connectivity index (χ2n) is 9.67. The Kier molecular flexibility index (Phi) is 6.58. The highest BCUT2D eigenvalue weighted by molar-refractivity contribution is 5.99. The van der Waals surface area contributed by atoms with E-state index in [-0.39, 0.29) is 17.5 Å². The summed E-state index contributed by atoms with van der Waals surface area (Å²) in [6.45, 7) is 6.46. The van der Waals surface area contributed by atoms with Crippen molar-refractivity contribution in [3.8, 4) is 11.5 Å². The third-order valence-electron chi connectivity index (χ3n) is 5.97. The summed E-state index contributed by atoms with van der Waals surface area (Å²) in [6.07, 6.45) is 3.45. The number of carbonyl (C=O) groups is 2. The minimum absolute atomic E-state index is 0.166. The van der Waals surface area contributed by atoms with Crippen LogP contribution in [0.4, 0.5) is 4.39 Å². The molecule has 0 bridgehead atoms. The summed E-state index contributed by atoms with van der Waals surface area (Å²) in [5.74, 6) is -0.146. The van der Waals surface area contributed by atoms with Gasteiger partial charge >= 0.3 is 0 Å². The van der Waals surface area contributed by atoms with Gasteiger partial charge in [-0.15, -0.1) is 0 Å². The van der Waals surface area contributed by atoms with Crippen molar-refractivity contribution >= 4 is 11.8 Å². The van der Waals surface area contributed by atoms with Crippen molar-refractivity contribution in [2.75, 3.05) is 13.2 Å². The molecule has 0 radical (unpaired) electrons. The first-order valence-corrected chi connectivity index (χ1v) is 11.5. The maximum atomic E-state index is 15.0. The molecule has 6 nitrogen and oxygen atoms in total. The van der Waals surface area contributed by atoms with E-state index in [0.29, 0.717) is 30.3 Å². The fourth-order valence-electron chi connectivity index (χ4n) is 4.55. The molecule has 7 heteroatoms. The van der Waals surface area contributed by atoms with Crippen molar-refractivity contribution in [3.05, 3.63) is 59.4 Å². The fraction of sp³-hybridized carbons (Fsp3) is 0.462. The average Bonchev–Trinajstić information content (AvgIpc) is 3.30. The molecule has 0 aromatic heterocycles. The standard InChI is InChI=1S/C26H31FN2O4/c1-26(2,3)28-24(30)23(19-10-6-7-11-20(19)27)29(18-8-4-5-9-18)25(31)17-12-13-21-22(16-17)33-15-14-32-21/h6-7,10-13,16,18,23H,4-5,8-9,14-15H2,1-3H3,(H,28,30)/t23-/m0/s1. The van der Waals surface area contributed by atoms with E-state index in [1.54, 1.807) is 41.3 Å². The van der Waals surface area contributed by atoms with Crippen molar-refractivity contribution < 1.29 is 23.5 Å². The first kappa shape index (κ1) is 23.1. The Morgan fingerprint density at radius 2 is 1.70 bits per heavy atom. The minimum atomic E-state index is -1.09. The van der Waals surface area contributed by atoms with E-state index in [9.17, 15) is 9.59 Å². The zero-order chi connectivity index (χ0) is 23.6. The summed E-state index contributed by atoms with van der Waals surface area (Å²) < 4.78 is 26.3. The molecule has 2 aliphatic rings. The molecule has 0 saturated heterocycles. The Bertz CT molecular complexity index is 1030. The molecule has 1 aliphatic carbocycles. The molecule has 1 aliphatic heterocycles. The molecule has 1 fully saturated rings. The number of ether oxygens (including phenoxy) is 2. The molecule has 1 atom stereocenters. The van der Waals surface area contributed by atoms with Gasteiger partial charge in [0.05, 0.1) is 0 Å². The van der Waals surface area contributed by atoms with Crippen molar-refractivity contribution in [1.29, 1.82) is 0 Å². The van der Waals surface area contributed by atoms with E-state index in [1.807, 2.05) is 20.8 Å². The van der Waals surface area contributed by atoms with E-state index < -0.39 is 23.3 Å². The lowest BCUT2D eigenvalue weighted by atomic mass is 9.97. The number of hydrogen-bond donors (Lipinski definition) is 1. The summed E-state index contributed by atoms with van der Waals surface area (Å²) in [6, 6.07) is 9.97. The van der Waals surface area contributed by atoms with Gasteiger partial charge in [-0.2, -0.15) is 0 Å². The van der Waals surface area contributed by atoms with Gasteiger partial charge in [0.15, 0.2) is 11.5 Å². The van der Waals surface area contributed by atoms with Crippen molar-refractivity contribution in [3.63, 3.8) is 0 Å². The number of carbonyl (C=O) groups excluding carboxylic acids is 2.